The van der Waals surface area contributed by atoms with Gasteiger partial charge < -0.3 is 14.8 Å². The van der Waals surface area contributed by atoms with Crippen LogP contribution in [0.3, 0.4) is 0 Å². The van der Waals surface area contributed by atoms with Gasteiger partial charge in [0.15, 0.2) is 5.78 Å². The van der Waals surface area contributed by atoms with Crippen LogP contribution in [0.1, 0.15) is 49.9 Å². The standard InChI is InChI=1S/C30H35NO4/c1-30(2,3)35-29(33)26(27(32)22-34-21-23-13-7-4-8-14-23)19-20-31-28(24-15-9-5-10-16-24)25-17-11-6-12-18-25/h4-18,26,28,31H,19-22H2,1-3H3. The minimum atomic E-state index is -0.898. The molecule has 1 atom stereocenters. The minimum absolute atomic E-state index is 0.0545. The van der Waals surface area contributed by atoms with Crippen molar-refractivity contribution >= 4 is 11.8 Å². The SMILES string of the molecule is CC(C)(C)OC(=O)C(CCNC(c1ccccc1)c1ccccc1)C(=O)COCc1ccccc1. The summed E-state index contributed by atoms with van der Waals surface area (Å²) in [5, 5.41) is 3.54. The predicted octanol–water partition coefficient (Wildman–Crippen LogP) is 5.50. The molecule has 0 heterocycles. The molecule has 0 spiro atoms. The van der Waals surface area contributed by atoms with E-state index in [2.05, 4.69) is 29.6 Å². The number of rotatable bonds is 12. The average Bonchev–Trinajstić information content (AvgIpc) is 2.84. The van der Waals surface area contributed by atoms with Gasteiger partial charge in [-0.3, -0.25) is 9.59 Å². The van der Waals surface area contributed by atoms with Crippen LogP contribution in [-0.4, -0.2) is 30.5 Å². The van der Waals surface area contributed by atoms with E-state index >= 15 is 0 Å². The van der Waals surface area contributed by atoms with Crippen molar-refractivity contribution in [3.63, 3.8) is 0 Å². The van der Waals surface area contributed by atoms with E-state index in [0.29, 0.717) is 19.6 Å². The molecule has 0 aliphatic heterocycles. The third kappa shape index (κ3) is 8.78. The molecule has 35 heavy (non-hydrogen) atoms. The lowest BCUT2D eigenvalue weighted by Crippen LogP contribution is -2.36. The van der Waals surface area contributed by atoms with Crippen molar-refractivity contribution in [2.75, 3.05) is 13.2 Å². The van der Waals surface area contributed by atoms with Crippen LogP contribution in [0.2, 0.25) is 0 Å². The molecule has 5 nitrogen and oxygen atoms in total. The molecule has 184 valence electrons. The van der Waals surface area contributed by atoms with Crippen LogP contribution >= 0.6 is 0 Å². The van der Waals surface area contributed by atoms with E-state index in [9.17, 15) is 9.59 Å². The first-order valence-corrected chi connectivity index (χ1v) is 12.0. The van der Waals surface area contributed by atoms with Crippen molar-refractivity contribution in [2.45, 2.75) is 45.4 Å². The number of nitrogens with one attached hydrogen (secondary N) is 1. The molecule has 3 rings (SSSR count). The monoisotopic (exact) mass is 473 g/mol. The number of benzene rings is 3. The molecule has 0 saturated carbocycles. The zero-order chi connectivity index (χ0) is 25.1. The van der Waals surface area contributed by atoms with Gasteiger partial charge in [-0.1, -0.05) is 91.0 Å². The van der Waals surface area contributed by atoms with Crippen LogP contribution in [0, 0.1) is 5.92 Å². The van der Waals surface area contributed by atoms with Crippen LogP contribution in [-0.2, 0) is 25.7 Å². The summed E-state index contributed by atoms with van der Waals surface area (Å²) in [5.74, 6) is -1.68. The molecule has 0 bridgehead atoms. The molecule has 0 saturated heterocycles. The maximum absolute atomic E-state index is 13.0. The van der Waals surface area contributed by atoms with Gasteiger partial charge in [-0.05, 0) is 50.4 Å². The quantitative estimate of drug-likeness (QED) is 0.278. The van der Waals surface area contributed by atoms with Gasteiger partial charge in [0.1, 0.15) is 18.1 Å². The van der Waals surface area contributed by atoms with Gasteiger partial charge in [0, 0.05) is 0 Å². The summed E-state index contributed by atoms with van der Waals surface area (Å²) in [6, 6.07) is 29.9. The lowest BCUT2D eigenvalue weighted by molar-refractivity contribution is -0.163. The molecular formula is C30H35NO4. The molecule has 0 fully saturated rings. The number of hydrogen-bond acceptors (Lipinski definition) is 5. The van der Waals surface area contributed by atoms with Crippen LogP contribution in [0.4, 0.5) is 0 Å². The first-order valence-electron chi connectivity index (χ1n) is 12.0. The first-order chi connectivity index (χ1) is 16.8. The third-order valence-electron chi connectivity index (χ3n) is 5.48. The zero-order valence-corrected chi connectivity index (χ0v) is 20.8. The lowest BCUT2D eigenvalue weighted by atomic mass is 9.96. The van der Waals surface area contributed by atoms with Crippen LogP contribution < -0.4 is 5.32 Å². The third-order valence-corrected chi connectivity index (χ3v) is 5.48. The molecule has 3 aromatic carbocycles. The molecule has 5 heteroatoms. The van der Waals surface area contributed by atoms with Crippen LogP contribution in [0.25, 0.3) is 0 Å². The summed E-state index contributed by atoms with van der Waals surface area (Å²) < 4.78 is 11.2. The van der Waals surface area contributed by atoms with E-state index in [1.54, 1.807) is 20.8 Å². The molecule has 0 radical (unpaired) electrons. The first kappa shape index (κ1) is 26.3. The maximum Gasteiger partial charge on any atom is 0.317 e. The fourth-order valence-electron chi connectivity index (χ4n) is 3.82. The Labute approximate surface area is 208 Å². The highest BCUT2D eigenvalue weighted by molar-refractivity contribution is 5.99. The van der Waals surface area contributed by atoms with Gasteiger partial charge in [-0.25, -0.2) is 0 Å². The van der Waals surface area contributed by atoms with Crippen molar-refractivity contribution in [1.82, 2.24) is 5.32 Å². The molecule has 1 N–H and O–H groups in total. The Hall–Kier alpha value is -3.28. The van der Waals surface area contributed by atoms with Gasteiger partial charge in [0.05, 0.1) is 12.6 Å². The van der Waals surface area contributed by atoms with Gasteiger partial charge in [-0.15, -0.1) is 0 Å². The molecule has 0 amide bonds. The maximum atomic E-state index is 13.0. The molecule has 0 aliphatic carbocycles. The molecule has 0 aromatic heterocycles. The van der Waals surface area contributed by atoms with Crippen molar-refractivity contribution in [3.05, 3.63) is 108 Å². The number of hydrogen-bond donors (Lipinski definition) is 1. The highest BCUT2D eigenvalue weighted by Gasteiger charge is 2.31. The van der Waals surface area contributed by atoms with Gasteiger partial charge >= 0.3 is 5.97 Å². The second-order valence-electron chi connectivity index (χ2n) is 9.53. The van der Waals surface area contributed by atoms with E-state index in [0.717, 1.165) is 16.7 Å². The lowest BCUT2D eigenvalue weighted by Gasteiger charge is -2.25. The predicted molar refractivity (Wildman–Crippen MR) is 138 cm³/mol. The van der Waals surface area contributed by atoms with Crippen molar-refractivity contribution < 1.29 is 19.1 Å². The number of carbonyl (C=O) groups is 2. The van der Waals surface area contributed by atoms with Gasteiger partial charge in [0.2, 0.25) is 0 Å². The van der Waals surface area contributed by atoms with E-state index in [-0.39, 0.29) is 18.4 Å². The Bertz CT molecular complexity index is 1010. The Morgan fingerprint density at radius 3 is 1.83 bits per heavy atom. The topological polar surface area (TPSA) is 64.6 Å². The Morgan fingerprint density at radius 1 is 0.800 bits per heavy atom. The number of ether oxygens (including phenoxy) is 2. The summed E-state index contributed by atoms with van der Waals surface area (Å²) in [6.45, 7) is 6.05. The number of carbonyl (C=O) groups excluding carboxylic acids is 2. The van der Waals surface area contributed by atoms with E-state index in [1.165, 1.54) is 0 Å². The molecule has 0 aliphatic rings. The minimum Gasteiger partial charge on any atom is -0.459 e. The number of Topliss-reactive ketones (excluding diaryl/α,β-unsaturated/α-hetero) is 1. The normalized spacial score (nSPS) is 12.3. The largest absolute Gasteiger partial charge is 0.459 e. The van der Waals surface area contributed by atoms with Crippen LogP contribution in [0.5, 0.6) is 0 Å². The van der Waals surface area contributed by atoms with Gasteiger partial charge in [0.25, 0.3) is 0 Å². The number of ketones is 1. The fourth-order valence-corrected chi connectivity index (χ4v) is 3.82. The highest BCUT2D eigenvalue weighted by Crippen LogP contribution is 2.22. The zero-order valence-electron chi connectivity index (χ0n) is 20.8. The fraction of sp³-hybridized carbons (Fsp3) is 0.333. The highest BCUT2D eigenvalue weighted by atomic mass is 16.6. The molecule has 3 aromatic rings. The summed E-state index contributed by atoms with van der Waals surface area (Å²) in [5.41, 5.74) is 2.53. The Balaban J connectivity index is 1.66. The van der Waals surface area contributed by atoms with Crippen LogP contribution in [0.15, 0.2) is 91.0 Å². The van der Waals surface area contributed by atoms with E-state index in [4.69, 9.17) is 9.47 Å². The van der Waals surface area contributed by atoms with Crippen molar-refractivity contribution in [3.8, 4) is 0 Å². The second-order valence-corrected chi connectivity index (χ2v) is 9.53. The number of esters is 1. The Morgan fingerprint density at radius 2 is 1.31 bits per heavy atom. The van der Waals surface area contributed by atoms with E-state index < -0.39 is 17.5 Å². The summed E-state index contributed by atoms with van der Waals surface area (Å²) in [6.07, 6.45) is 0.318. The summed E-state index contributed by atoms with van der Waals surface area (Å²) in [7, 11) is 0. The summed E-state index contributed by atoms with van der Waals surface area (Å²) >= 11 is 0. The molecule has 1 unspecified atom stereocenters. The van der Waals surface area contributed by atoms with Crippen molar-refractivity contribution in [2.24, 2.45) is 5.92 Å². The summed E-state index contributed by atoms with van der Waals surface area (Å²) in [4.78, 5) is 25.9. The smallest absolute Gasteiger partial charge is 0.317 e. The van der Waals surface area contributed by atoms with Crippen molar-refractivity contribution in [1.29, 1.82) is 0 Å². The molecular weight excluding hydrogens is 438 g/mol. The second kappa shape index (κ2) is 13.0. The Kier molecular flexibility index (Phi) is 9.76. The van der Waals surface area contributed by atoms with Gasteiger partial charge in [-0.2, -0.15) is 0 Å². The van der Waals surface area contributed by atoms with E-state index in [1.807, 2.05) is 66.7 Å². The average molecular weight is 474 g/mol.